The van der Waals surface area contributed by atoms with E-state index in [1.807, 2.05) is 11.8 Å². The van der Waals surface area contributed by atoms with Gasteiger partial charge in [0, 0.05) is 19.0 Å². The summed E-state index contributed by atoms with van der Waals surface area (Å²) in [6.07, 6.45) is 5.89. The van der Waals surface area contributed by atoms with Gasteiger partial charge >= 0.3 is 0 Å². The minimum Gasteiger partial charge on any atom is -0.393 e. The monoisotopic (exact) mass is 315 g/mol. The average Bonchev–Trinajstić information content (AvgIpc) is 3.05. The Kier molecular flexibility index (Phi) is 4.77. The number of likely N-dealkylation sites (tertiary alicyclic amines) is 1. The van der Waals surface area contributed by atoms with Crippen molar-refractivity contribution in [3.63, 3.8) is 0 Å². The van der Waals surface area contributed by atoms with Gasteiger partial charge in [0.2, 0.25) is 5.91 Å². The highest BCUT2D eigenvalue weighted by molar-refractivity contribution is 5.88. The van der Waals surface area contributed by atoms with Gasteiger partial charge in [-0.25, -0.2) is 0 Å². The molecule has 1 saturated heterocycles. The third-order valence-corrected chi connectivity index (χ3v) is 5.86. The Hall–Kier alpha value is -1.35. The highest BCUT2D eigenvalue weighted by atomic mass is 16.3. The summed E-state index contributed by atoms with van der Waals surface area (Å²) in [6.45, 7) is 5.51. The Labute approximate surface area is 139 Å². The van der Waals surface area contributed by atoms with Crippen molar-refractivity contribution in [3.8, 4) is 0 Å². The lowest BCUT2D eigenvalue weighted by Gasteiger charge is -2.40. The first-order chi connectivity index (χ1) is 11.0. The molecular formula is C20H29NO2. The molecule has 3 rings (SSSR count). The summed E-state index contributed by atoms with van der Waals surface area (Å²) in [7, 11) is 0. The van der Waals surface area contributed by atoms with Gasteiger partial charge in [-0.05, 0) is 45.1 Å². The number of aliphatic hydroxyl groups excluding tert-OH is 1. The zero-order chi connectivity index (χ0) is 16.4. The van der Waals surface area contributed by atoms with Crippen LogP contribution < -0.4 is 0 Å². The SMILES string of the molecule is Cc1cccc(C2(C(=O)N3CCCC(C(C)O)C3)CCCC2)c1. The van der Waals surface area contributed by atoms with Crippen molar-refractivity contribution in [1.82, 2.24) is 4.90 Å². The Morgan fingerprint density at radius 2 is 2.04 bits per heavy atom. The maximum Gasteiger partial charge on any atom is 0.233 e. The van der Waals surface area contributed by atoms with Gasteiger partial charge in [0.15, 0.2) is 0 Å². The lowest BCUT2D eigenvalue weighted by atomic mass is 9.76. The van der Waals surface area contributed by atoms with E-state index in [0.29, 0.717) is 12.5 Å². The minimum atomic E-state index is -0.330. The molecular weight excluding hydrogens is 286 g/mol. The number of aliphatic hydroxyl groups is 1. The molecule has 0 spiro atoms. The Bertz CT molecular complexity index is 561. The first-order valence-electron chi connectivity index (χ1n) is 9.07. The van der Waals surface area contributed by atoms with Gasteiger partial charge in [-0.15, -0.1) is 0 Å². The first-order valence-corrected chi connectivity index (χ1v) is 9.07. The fraction of sp³-hybridized carbons (Fsp3) is 0.650. The van der Waals surface area contributed by atoms with E-state index in [9.17, 15) is 9.90 Å². The van der Waals surface area contributed by atoms with Crippen LogP contribution in [0.4, 0.5) is 0 Å². The quantitative estimate of drug-likeness (QED) is 0.928. The molecule has 2 aliphatic rings. The number of amides is 1. The van der Waals surface area contributed by atoms with Crippen LogP contribution in [0.15, 0.2) is 24.3 Å². The summed E-state index contributed by atoms with van der Waals surface area (Å²) in [5, 5.41) is 9.92. The van der Waals surface area contributed by atoms with Crippen LogP contribution in [-0.2, 0) is 10.2 Å². The fourth-order valence-corrected chi connectivity index (χ4v) is 4.44. The van der Waals surface area contributed by atoms with Gasteiger partial charge in [0.1, 0.15) is 0 Å². The van der Waals surface area contributed by atoms with Gasteiger partial charge in [0.05, 0.1) is 11.5 Å². The van der Waals surface area contributed by atoms with E-state index in [-0.39, 0.29) is 17.4 Å². The highest BCUT2D eigenvalue weighted by Crippen LogP contribution is 2.43. The predicted octanol–water partition coefficient (Wildman–Crippen LogP) is 3.43. The van der Waals surface area contributed by atoms with Gasteiger partial charge in [-0.1, -0.05) is 42.7 Å². The van der Waals surface area contributed by atoms with Crippen molar-refractivity contribution in [2.24, 2.45) is 5.92 Å². The molecule has 1 N–H and O–H groups in total. The third-order valence-electron chi connectivity index (χ3n) is 5.86. The Balaban J connectivity index is 1.87. The molecule has 1 aromatic carbocycles. The number of hydrogen-bond donors (Lipinski definition) is 1. The van der Waals surface area contributed by atoms with E-state index in [1.165, 1.54) is 11.1 Å². The molecule has 2 atom stereocenters. The lowest BCUT2D eigenvalue weighted by Crippen LogP contribution is -2.50. The van der Waals surface area contributed by atoms with Crippen molar-refractivity contribution < 1.29 is 9.90 Å². The number of carbonyl (C=O) groups excluding carboxylic acids is 1. The normalized spacial score (nSPS) is 25.3. The standard InChI is InChI=1S/C20H29NO2/c1-15-7-5-9-18(13-15)20(10-3-4-11-20)19(23)21-12-6-8-17(14-21)16(2)22/h5,7,9,13,16-17,22H,3-4,6,8,10-12,14H2,1-2H3. The van der Waals surface area contributed by atoms with Gasteiger partial charge in [0.25, 0.3) is 0 Å². The predicted molar refractivity (Wildman–Crippen MR) is 92.3 cm³/mol. The molecule has 1 aliphatic heterocycles. The average molecular weight is 315 g/mol. The molecule has 3 nitrogen and oxygen atoms in total. The number of piperidine rings is 1. The van der Waals surface area contributed by atoms with Crippen molar-refractivity contribution in [2.45, 2.75) is 63.9 Å². The molecule has 2 unspecified atom stereocenters. The highest BCUT2D eigenvalue weighted by Gasteiger charge is 2.45. The van der Waals surface area contributed by atoms with Crippen molar-refractivity contribution in [3.05, 3.63) is 35.4 Å². The number of benzene rings is 1. The summed E-state index contributed by atoms with van der Waals surface area (Å²) >= 11 is 0. The smallest absolute Gasteiger partial charge is 0.233 e. The maximum absolute atomic E-state index is 13.4. The van der Waals surface area contributed by atoms with E-state index in [1.54, 1.807) is 0 Å². The Morgan fingerprint density at radius 3 is 2.70 bits per heavy atom. The van der Waals surface area contributed by atoms with Crippen LogP contribution in [0, 0.1) is 12.8 Å². The van der Waals surface area contributed by atoms with Crippen molar-refractivity contribution in [2.75, 3.05) is 13.1 Å². The van der Waals surface area contributed by atoms with Crippen LogP contribution in [0.25, 0.3) is 0 Å². The lowest BCUT2D eigenvalue weighted by molar-refractivity contribution is -0.140. The minimum absolute atomic E-state index is 0.226. The van der Waals surface area contributed by atoms with E-state index < -0.39 is 0 Å². The van der Waals surface area contributed by atoms with Crippen LogP contribution in [0.2, 0.25) is 0 Å². The number of rotatable bonds is 3. The number of nitrogens with zero attached hydrogens (tertiary/aromatic N) is 1. The molecule has 1 saturated carbocycles. The second-order valence-electron chi connectivity index (χ2n) is 7.55. The molecule has 23 heavy (non-hydrogen) atoms. The van der Waals surface area contributed by atoms with Crippen LogP contribution >= 0.6 is 0 Å². The van der Waals surface area contributed by atoms with E-state index in [4.69, 9.17) is 0 Å². The molecule has 1 heterocycles. The molecule has 0 radical (unpaired) electrons. The zero-order valence-corrected chi connectivity index (χ0v) is 14.4. The summed E-state index contributed by atoms with van der Waals surface area (Å²) in [5.74, 6) is 0.523. The van der Waals surface area contributed by atoms with Gasteiger partial charge < -0.3 is 10.0 Å². The van der Waals surface area contributed by atoms with Crippen molar-refractivity contribution >= 4 is 5.91 Å². The number of carbonyl (C=O) groups is 1. The van der Waals surface area contributed by atoms with Gasteiger partial charge in [-0.3, -0.25) is 4.79 Å². The largest absolute Gasteiger partial charge is 0.393 e. The second kappa shape index (κ2) is 6.64. The summed E-state index contributed by atoms with van der Waals surface area (Å²) in [6, 6.07) is 8.50. The third kappa shape index (κ3) is 3.16. The molecule has 1 aliphatic carbocycles. The molecule has 1 aromatic rings. The summed E-state index contributed by atoms with van der Waals surface area (Å²) in [4.78, 5) is 15.5. The Morgan fingerprint density at radius 1 is 1.30 bits per heavy atom. The number of aryl methyl sites for hydroxylation is 1. The van der Waals surface area contributed by atoms with Crippen molar-refractivity contribution in [1.29, 1.82) is 0 Å². The molecule has 126 valence electrons. The van der Waals surface area contributed by atoms with Gasteiger partial charge in [-0.2, -0.15) is 0 Å². The molecule has 0 aromatic heterocycles. The molecule has 0 bridgehead atoms. The summed E-state index contributed by atoms with van der Waals surface area (Å²) in [5.41, 5.74) is 2.09. The maximum atomic E-state index is 13.4. The molecule has 3 heteroatoms. The number of hydrogen-bond acceptors (Lipinski definition) is 2. The van der Waals surface area contributed by atoms with E-state index >= 15 is 0 Å². The fourth-order valence-electron chi connectivity index (χ4n) is 4.44. The van der Waals surface area contributed by atoms with E-state index in [0.717, 1.165) is 45.1 Å². The summed E-state index contributed by atoms with van der Waals surface area (Å²) < 4.78 is 0. The van der Waals surface area contributed by atoms with E-state index in [2.05, 4.69) is 31.2 Å². The van der Waals surface area contributed by atoms with Crippen LogP contribution in [0.5, 0.6) is 0 Å². The molecule has 1 amide bonds. The first kappa shape index (κ1) is 16.5. The second-order valence-corrected chi connectivity index (χ2v) is 7.55. The van der Waals surface area contributed by atoms with Crippen LogP contribution in [0.1, 0.15) is 56.6 Å². The van der Waals surface area contributed by atoms with Crippen LogP contribution in [-0.4, -0.2) is 35.1 Å². The topological polar surface area (TPSA) is 40.5 Å². The molecule has 2 fully saturated rings. The van der Waals surface area contributed by atoms with Crippen LogP contribution in [0.3, 0.4) is 0 Å². The zero-order valence-electron chi connectivity index (χ0n) is 14.4.